The van der Waals surface area contributed by atoms with Gasteiger partial charge in [0.2, 0.25) is 17.7 Å². The van der Waals surface area contributed by atoms with E-state index in [4.69, 9.17) is 9.47 Å². The van der Waals surface area contributed by atoms with Crippen molar-refractivity contribution in [1.82, 2.24) is 15.5 Å². The van der Waals surface area contributed by atoms with Crippen molar-refractivity contribution in [2.75, 3.05) is 18.5 Å². The fourth-order valence-corrected chi connectivity index (χ4v) is 12.1. The number of aliphatic hydroxyl groups is 2. The number of imide groups is 1. The number of benzene rings is 2. The Kier molecular flexibility index (Phi) is 12.4. The largest absolute Gasteiger partial charge is 0.390 e. The van der Waals surface area contributed by atoms with Crippen molar-refractivity contribution in [2.24, 2.45) is 22.7 Å². The summed E-state index contributed by atoms with van der Waals surface area (Å²) in [4.78, 5) is 89.5. The molecule has 2 heterocycles. The predicted molar refractivity (Wildman–Crippen MR) is 234 cm³/mol. The summed E-state index contributed by atoms with van der Waals surface area (Å²) in [6.07, 6.45) is 4.35. The Morgan fingerprint density at radius 2 is 1.66 bits per heavy atom. The number of nitrogens with zero attached hydrogens (tertiary/aromatic N) is 1. The van der Waals surface area contributed by atoms with Crippen molar-refractivity contribution in [2.45, 2.75) is 112 Å². The lowest BCUT2D eigenvalue weighted by molar-refractivity contribution is -0.231. The molecule has 0 spiro atoms. The molecule has 15 nitrogen and oxygen atoms in total. The lowest BCUT2D eigenvalue weighted by Gasteiger charge is -2.62. The van der Waals surface area contributed by atoms with Gasteiger partial charge in [0.15, 0.2) is 29.1 Å². The fourth-order valence-electron chi connectivity index (χ4n) is 11.2. The van der Waals surface area contributed by atoms with Gasteiger partial charge in [0, 0.05) is 63.8 Å². The minimum absolute atomic E-state index is 0.0967. The van der Waals surface area contributed by atoms with Gasteiger partial charge in [0.1, 0.15) is 18.7 Å². The molecule has 17 heteroatoms. The average Bonchev–Trinajstić information content (AvgIpc) is 3.90. The number of nitrogens with one attached hydrogen (secondary N) is 3. The topological polar surface area (TPSA) is 218 Å². The van der Waals surface area contributed by atoms with Crippen molar-refractivity contribution in [3.8, 4) is 0 Å². The van der Waals surface area contributed by atoms with Gasteiger partial charge in [-0.3, -0.25) is 38.5 Å². The van der Waals surface area contributed by atoms with Crippen LogP contribution in [-0.2, 0) is 48.8 Å². The summed E-state index contributed by atoms with van der Waals surface area (Å²) in [7, 11) is 0. The third-order valence-corrected chi connectivity index (χ3v) is 15.7. The zero-order valence-electron chi connectivity index (χ0n) is 36.5. The average molecular weight is 913 g/mol. The molecular formula is C48H53FN4O11S. The van der Waals surface area contributed by atoms with Crippen LogP contribution >= 0.6 is 11.8 Å². The van der Waals surface area contributed by atoms with Crippen molar-refractivity contribution >= 4 is 58.6 Å². The second-order valence-corrected chi connectivity index (χ2v) is 19.4. The number of carbonyl (C=O) groups is 7. The smallest absolute Gasteiger partial charge is 0.253 e. The van der Waals surface area contributed by atoms with Gasteiger partial charge in [-0.25, -0.2) is 4.39 Å². The number of alkyl halides is 1. The molecule has 0 aromatic heterocycles. The number of halogens is 1. The molecule has 2 aromatic carbocycles. The lowest BCUT2D eigenvalue weighted by atomic mass is 9.44. The summed E-state index contributed by atoms with van der Waals surface area (Å²) in [5.74, 6) is -3.90. The molecular weight excluding hydrogens is 860 g/mol. The molecule has 1 saturated heterocycles. The summed E-state index contributed by atoms with van der Waals surface area (Å²) in [5.41, 5.74) is -3.18. The van der Waals surface area contributed by atoms with Crippen LogP contribution in [-0.4, -0.2) is 105 Å². The summed E-state index contributed by atoms with van der Waals surface area (Å²) >= 11 is 1.52. The highest BCUT2D eigenvalue weighted by Crippen LogP contribution is 2.72. The van der Waals surface area contributed by atoms with Crippen LogP contribution in [0.5, 0.6) is 0 Å². The number of ether oxygens (including phenoxy) is 2. The molecule has 2 aliphatic heterocycles. The Labute approximate surface area is 379 Å². The maximum Gasteiger partial charge on any atom is 0.253 e. The van der Waals surface area contributed by atoms with Crippen LogP contribution in [0.2, 0.25) is 0 Å². The van der Waals surface area contributed by atoms with E-state index in [0.717, 1.165) is 27.5 Å². The molecule has 5 amide bonds. The molecule has 4 fully saturated rings. The van der Waals surface area contributed by atoms with Gasteiger partial charge in [0.25, 0.3) is 11.8 Å². The number of rotatable bonds is 14. The first-order valence-corrected chi connectivity index (χ1v) is 22.9. The molecule has 65 heavy (non-hydrogen) atoms. The van der Waals surface area contributed by atoms with E-state index in [2.05, 4.69) is 16.0 Å². The number of amides is 5. The Bertz CT molecular complexity index is 2410. The molecule has 6 aliphatic rings. The first-order valence-electron chi connectivity index (χ1n) is 21.9. The van der Waals surface area contributed by atoms with Crippen molar-refractivity contribution in [3.05, 3.63) is 95.6 Å². The number of carbonyl (C=O) groups excluding carboxylic acids is 7. The van der Waals surface area contributed by atoms with Crippen LogP contribution in [0.4, 0.5) is 10.1 Å². The predicted octanol–water partition coefficient (Wildman–Crippen LogP) is 3.94. The number of ketones is 2. The summed E-state index contributed by atoms with van der Waals surface area (Å²) < 4.78 is 30.9. The van der Waals surface area contributed by atoms with E-state index in [1.807, 2.05) is 37.3 Å². The van der Waals surface area contributed by atoms with Crippen LogP contribution in [0.15, 0.2) is 89.4 Å². The summed E-state index contributed by atoms with van der Waals surface area (Å²) in [6, 6.07) is 12.8. The number of aliphatic hydroxyl groups excluding tert-OH is 2. The van der Waals surface area contributed by atoms with Gasteiger partial charge in [-0.2, -0.15) is 0 Å². The number of Topliss-reactive ketones (excluding diaryl/α,β-unsaturated/α-hetero) is 1. The molecule has 3 saturated carbocycles. The van der Waals surface area contributed by atoms with Gasteiger partial charge in [0.05, 0.1) is 12.2 Å². The molecule has 344 valence electrons. The molecule has 11 atom stereocenters. The fraction of sp³-hybridized carbons (Fsp3) is 0.479. The van der Waals surface area contributed by atoms with E-state index >= 15 is 4.39 Å². The van der Waals surface area contributed by atoms with Crippen molar-refractivity contribution in [3.63, 3.8) is 0 Å². The highest BCUT2D eigenvalue weighted by molar-refractivity contribution is 7.98. The molecule has 4 aliphatic carbocycles. The summed E-state index contributed by atoms with van der Waals surface area (Å²) in [5, 5.41) is 30.0. The Hall–Kier alpha value is -5.33. The number of thioether (sulfide) groups is 1. The minimum atomic E-state index is -2.09. The normalized spacial score (nSPS) is 33.0. The maximum atomic E-state index is 17.7. The zero-order chi connectivity index (χ0) is 46.6. The van der Waals surface area contributed by atoms with Gasteiger partial charge in [-0.1, -0.05) is 48.9 Å². The number of hydrogen-bond acceptors (Lipinski definition) is 12. The standard InChI is InChI=1S/C48H53FN4O11S/c1-26(50-39(58)17-19-53-40(59)14-15-41(53)60)42(61)51-27(2)43(62)52-31-6-5-7-33(21-31)65-25-28-8-10-29(11-9-28)44-63-38-22-35-34-13-12-30-20-32(55)16-18-45(30,3)47(34,49)36(56)23-46(35,4)48(38,64-44)37(57)24-54/h5-11,14-16,18,20-21,26-27,34-36,38,44,54,56H,12-13,17,19,22-25H2,1-4H3,(H,50,58)(H,51,61)(H,52,62)/t26-,27-,34-,35-,36-,38+,44+,45-,46-,47-,48+/m0/s1. The van der Waals surface area contributed by atoms with Gasteiger partial charge in [-0.15, -0.1) is 11.8 Å². The number of allylic oxidation sites excluding steroid dienone is 4. The maximum absolute atomic E-state index is 17.7. The SMILES string of the molecule is C[C@H](NC(=O)CCN1C(=O)C=CC1=O)C(=O)N[C@@H](C)C(=O)Nc1cccc(SCc2ccc([C@@H]3O[C@@H]4C[C@H]5[C@@H]6CCC7=CC(=O)C=C[C@]7(C)[C@@]6(F)[C@@H](O)C[C@]5(C)[C@]4(C(=O)CO)O3)cc2)c1. The molecule has 0 radical (unpaired) electrons. The van der Waals surface area contributed by atoms with Crippen LogP contribution in [0.25, 0.3) is 0 Å². The van der Waals surface area contributed by atoms with Crippen LogP contribution in [0.3, 0.4) is 0 Å². The zero-order valence-corrected chi connectivity index (χ0v) is 37.3. The van der Waals surface area contributed by atoms with Gasteiger partial charge in [-0.05, 0) is 88.3 Å². The second-order valence-electron chi connectivity index (χ2n) is 18.4. The lowest BCUT2D eigenvalue weighted by Crippen LogP contribution is -2.69. The molecule has 0 bridgehead atoms. The number of anilines is 1. The van der Waals surface area contributed by atoms with Crippen molar-refractivity contribution in [1.29, 1.82) is 0 Å². The second kappa shape index (κ2) is 17.5. The molecule has 5 N–H and O–H groups in total. The number of hydrogen-bond donors (Lipinski definition) is 5. The van der Waals surface area contributed by atoms with E-state index in [1.165, 1.54) is 37.8 Å². The highest BCUT2D eigenvalue weighted by atomic mass is 32.2. The van der Waals surface area contributed by atoms with E-state index in [1.54, 1.807) is 31.2 Å². The molecule has 2 aromatic rings. The van der Waals surface area contributed by atoms with Gasteiger partial charge >= 0.3 is 0 Å². The Balaban J connectivity index is 0.854. The molecule has 0 unspecified atom stereocenters. The summed E-state index contributed by atoms with van der Waals surface area (Å²) in [6.45, 7) is 5.63. The first kappa shape index (κ1) is 46.2. The third-order valence-electron chi connectivity index (χ3n) is 14.7. The van der Waals surface area contributed by atoms with Crippen molar-refractivity contribution < 1.29 is 57.6 Å². The Morgan fingerprint density at radius 1 is 0.954 bits per heavy atom. The van der Waals surface area contributed by atoms with Crippen LogP contribution in [0.1, 0.15) is 77.2 Å². The quantitative estimate of drug-likeness (QED) is 0.135. The van der Waals surface area contributed by atoms with Crippen LogP contribution < -0.4 is 16.0 Å². The first-order chi connectivity index (χ1) is 30.8. The van der Waals surface area contributed by atoms with Gasteiger partial charge < -0.3 is 35.6 Å². The van der Waals surface area contributed by atoms with E-state index in [-0.39, 0.29) is 25.2 Å². The highest BCUT2D eigenvalue weighted by Gasteiger charge is 2.79. The van der Waals surface area contributed by atoms with E-state index < -0.39 is 106 Å². The minimum Gasteiger partial charge on any atom is -0.390 e. The van der Waals surface area contributed by atoms with E-state index in [0.29, 0.717) is 41.8 Å². The van der Waals surface area contributed by atoms with E-state index in [9.17, 15) is 43.8 Å². The number of fused-ring (bicyclic) bond motifs is 7. The monoisotopic (exact) mass is 912 g/mol. The van der Waals surface area contributed by atoms with Crippen LogP contribution in [0, 0.1) is 22.7 Å². The third kappa shape index (κ3) is 7.88. The molecule has 8 rings (SSSR count). The Morgan fingerprint density at radius 3 is 2.37 bits per heavy atom.